The molecule has 1 amide bonds. The lowest BCUT2D eigenvalue weighted by molar-refractivity contribution is 0.0603. The molecule has 3 atom stereocenters. The van der Waals surface area contributed by atoms with Gasteiger partial charge in [0.1, 0.15) is 6.26 Å². The third-order valence-electron chi connectivity index (χ3n) is 5.63. The molecule has 0 spiro atoms. The first-order chi connectivity index (χ1) is 12.3. The number of amides is 1. The molecule has 0 bridgehead atoms. The highest BCUT2D eigenvalue weighted by Gasteiger charge is 2.42. The van der Waals surface area contributed by atoms with Crippen molar-refractivity contribution in [2.24, 2.45) is 11.8 Å². The Morgan fingerprint density at radius 1 is 1.28 bits per heavy atom. The van der Waals surface area contributed by atoms with E-state index in [1.165, 1.54) is 12.5 Å². The average Bonchev–Trinajstić information content (AvgIpc) is 3.05. The second-order valence-electron chi connectivity index (χ2n) is 7.36. The van der Waals surface area contributed by atoms with Gasteiger partial charge in [-0.3, -0.25) is 4.79 Å². The molecule has 1 aliphatic carbocycles. The minimum Gasteiger partial charge on any atom is -0.472 e. The number of carbonyl (C=O) groups excluding carboxylic acids is 1. The number of rotatable bonds is 4. The van der Waals surface area contributed by atoms with Crippen molar-refractivity contribution in [3.05, 3.63) is 35.9 Å². The van der Waals surface area contributed by atoms with Crippen molar-refractivity contribution in [2.45, 2.75) is 37.7 Å². The average molecular weight is 343 g/mol. The van der Waals surface area contributed by atoms with E-state index in [1.807, 2.05) is 4.90 Å². The number of fused-ring (bicyclic) bond motifs is 1. The molecule has 2 saturated heterocycles. The summed E-state index contributed by atoms with van der Waals surface area (Å²) in [7, 11) is 0. The van der Waals surface area contributed by atoms with Gasteiger partial charge in [-0.15, -0.1) is 10.2 Å². The lowest BCUT2D eigenvalue weighted by Gasteiger charge is -2.35. The van der Waals surface area contributed by atoms with Gasteiger partial charge in [0, 0.05) is 24.9 Å². The molecule has 2 aromatic rings. The highest BCUT2D eigenvalue weighted by Crippen LogP contribution is 2.40. The lowest BCUT2D eigenvalue weighted by Crippen LogP contribution is -2.44. The molecule has 5 rings (SSSR count). The van der Waals surface area contributed by atoms with Gasteiger partial charge in [0.05, 0.1) is 31.0 Å². The van der Waals surface area contributed by atoms with Crippen LogP contribution in [0.15, 0.2) is 27.4 Å². The predicted octanol–water partition coefficient (Wildman–Crippen LogP) is 2.26. The number of ether oxygens (including phenoxy) is 1. The SMILES string of the molecule is O=C(c1ccoc1)N1CC[C@@H]2[C@@H](CO[C@H]2Cc2nnc(C3CC3)o2)C1. The summed E-state index contributed by atoms with van der Waals surface area (Å²) in [5.41, 5.74) is 0.618. The molecule has 3 fully saturated rings. The van der Waals surface area contributed by atoms with Crippen LogP contribution in [0.5, 0.6) is 0 Å². The van der Waals surface area contributed by atoms with Crippen LogP contribution in [0.25, 0.3) is 0 Å². The van der Waals surface area contributed by atoms with E-state index in [1.54, 1.807) is 6.07 Å². The Labute approximate surface area is 145 Å². The van der Waals surface area contributed by atoms with Crippen LogP contribution in [0.2, 0.25) is 0 Å². The van der Waals surface area contributed by atoms with Crippen LogP contribution in [0.1, 0.15) is 47.3 Å². The molecule has 25 heavy (non-hydrogen) atoms. The fraction of sp³-hybridized carbons (Fsp3) is 0.611. The first-order valence-corrected chi connectivity index (χ1v) is 9.03. The molecule has 0 unspecified atom stereocenters. The van der Waals surface area contributed by atoms with E-state index >= 15 is 0 Å². The molecule has 2 aliphatic heterocycles. The summed E-state index contributed by atoms with van der Waals surface area (Å²) in [6.45, 7) is 2.18. The van der Waals surface area contributed by atoms with E-state index < -0.39 is 0 Å². The van der Waals surface area contributed by atoms with Gasteiger partial charge in [-0.25, -0.2) is 0 Å². The van der Waals surface area contributed by atoms with Crippen LogP contribution >= 0.6 is 0 Å². The van der Waals surface area contributed by atoms with Crippen LogP contribution in [-0.2, 0) is 11.2 Å². The summed E-state index contributed by atoms with van der Waals surface area (Å²) in [6, 6.07) is 1.72. The number of furan rings is 1. The zero-order valence-corrected chi connectivity index (χ0v) is 14.0. The van der Waals surface area contributed by atoms with E-state index in [0.717, 1.165) is 38.2 Å². The van der Waals surface area contributed by atoms with E-state index in [9.17, 15) is 4.79 Å². The molecule has 4 heterocycles. The fourth-order valence-corrected chi connectivity index (χ4v) is 4.07. The summed E-state index contributed by atoms with van der Waals surface area (Å²) in [4.78, 5) is 14.4. The van der Waals surface area contributed by atoms with Crippen molar-refractivity contribution >= 4 is 5.91 Å². The number of aromatic nitrogens is 2. The van der Waals surface area contributed by atoms with Crippen molar-refractivity contribution in [3.8, 4) is 0 Å². The molecular formula is C18H21N3O4. The van der Waals surface area contributed by atoms with Gasteiger partial charge in [0.25, 0.3) is 5.91 Å². The highest BCUT2D eigenvalue weighted by atomic mass is 16.5. The fourth-order valence-electron chi connectivity index (χ4n) is 4.07. The Balaban J connectivity index is 1.22. The number of nitrogens with zero attached hydrogens (tertiary/aromatic N) is 3. The quantitative estimate of drug-likeness (QED) is 0.847. The summed E-state index contributed by atoms with van der Waals surface area (Å²) in [6.07, 6.45) is 7.10. The Kier molecular flexibility index (Phi) is 3.62. The number of carbonyl (C=O) groups is 1. The van der Waals surface area contributed by atoms with Gasteiger partial charge in [-0.1, -0.05) is 0 Å². The maximum Gasteiger partial charge on any atom is 0.257 e. The summed E-state index contributed by atoms with van der Waals surface area (Å²) < 4.78 is 16.8. The topological polar surface area (TPSA) is 81.6 Å². The first kappa shape index (κ1) is 15.1. The number of likely N-dealkylation sites (tertiary alicyclic amines) is 1. The maximum absolute atomic E-state index is 12.5. The van der Waals surface area contributed by atoms with E-state index in [0.29, 0.717) is 42.2 Å². The van der Waals surface area contributed by atoms with Gasteiger partial charge < -0.3 is 18.5 Å². The lowest BCUT2D eigenvalue weighted by atomic mass is 9.83. The Morgan fingerprint density at radius 3 is 3.00 bits per heavy atom. The monoisotopic (exact) mass is 343 g/mol. The molecule has 1 saturated carbocycles. The molecule has 132 valence electrons. The number of hydrogen-bond donors (Lipinski definition) is 0. The molecule has 0 aromatic carbocycles. The van der Waals surface area contributed by atoms with E-state index in [4.69, 9.17) is 13.6 Å². The van der Waals surface area contributed by atoms with Crippen molar-refractivity contribution in [3.63, 3.8) is 0 Å². The third-order valence-corrected chi connectivity index (χ3v) is 5.63. The first-order valence-electron chi connectivity index (χ1n) is 9.03. The summed E-state index contributed by atoms with van der Waals surface area (Å²) in [5, 5.41) is 8.34. The molecule has 3 aliphatic rings. The molecule has 7 nitrogen and oxygen atoms in total. The third kappa shape index (κ3) is 2.86. The second kappa shape index (κ2) is 5.98. The summed E-state index contributed by atoms with van der Waals surface area (Å²) >= 11 is 0. The van der Waals surface area contributed by atoms with Gasteiger partial charge in [-0.05, 0) is 31.2 Å². The molecule has 0 N–H and O–H groups in total. The van der Waals surface area contributed by atoms with Gasteiger partial charge in [-0.2, -0.15) is 0 Å². The molecule has 0 radical (unpaired) electrons. The maximum atomic E-state index is 12.5. The zero-order valence-electron chi connectivity index (χ0n) is 14.0. The highest BCUT2D eigenvalue weighted by molar-refractivity contribution is 5.93. The standard InChI is InChI=1S/C18H21N3O4/c22-18(12-4-6-23-9-12)21-5-3-14-13(8-21)10-24-15(14)7-16-19-20-17(25-16)11-1-2-11/h4,6,9,11,13-15H,1-3,5,7-8,10H2/t13-,14-,15+/m1/s1. The molecular weight excluding hydrogens is 322 g/mol. The summed E-state index contributed by atoms with van der Waals surface area (Å²) in [5.74, 6) is 2.82. The number of hydrogen-bond acceptors (Lipinski definition) is 6. The Bertz CT molecular complexity index is 752. The largest absolute Gasteiger partial charge is 0.472 e. The second-order valence-corrected chi connectivity index (χ2v) is 7.36. The zero-order chi connectivity index (χ0) is 16.8. The van der Waals surface area contributed by atoms with E-state index in [-0.39, 0.29) is 12.0 Å². The Hall–Kier alpha value is -2.15. The van der Waals surface area contributed by atoms with Gasteiger partial charge >= 0.3 is 0 Å². The minimum atomic E-state index is 0.0432. The van der Waals surface area contributed by atoms with Crippen LogP contribution < -0.4 is 0 Å². The van der Waals surface area contributed by atoms with E-state index in [2.05, 4.69) is 10.2 Å². The van der Waals surface area contributed by atoms with Gasteiger partial charge in [0.2, 0.25) is 11.8 Å². The van der Waals surface area contributed by atoms with Crippen LogP contribution in [0, 0.1) is 11.8 Å². The molecule has 7 heteroatoms. The number of piperidine rings is 1. The predicted molar refractivity (Wildman–Crippen MR) is 85.9 cm³/mol. The van der Waals surface area contributed by atoms with Crippen molar-refractivity contribution in [1.29, 1.82) is 0 Å². The van der Waals surface area contributed by atoms with Gasteiger partial charge in [0.15, 0.2) is 0 Å². The van der Waals surface area contributed by atoms with Crippen molar-refractivity contribution < 1.29 is 18.4 Å². The van der Waals surface area contributed by atoms with Crippen molar-refractivity contribution in [2.75, 3.05) is 19.7 Å². The minimum absolute atomic E-state index is 0.0432. The smallest absolute Gasteiger partial charge is 0.257 e. The van der Waals surface area contributed by atoms with Crippen LogP contribution in [0.3, 0.4) is 0 Å². The van der Waals surface area contributed by atoms with Crippen LogP contribution in [-0.4, -0.2) is 46.8 Å². The molecule has 2 aromatic heterocycles. The normalized spacial score (nSPS) is 29.0. The van der Waals surface area contributed by atoms with Crippen molar-refractivity contribution in [1.82, 2.24) is 15.1 Å². The van der Waals surface area contributed by atoms with Crippen LogP contribution in [0.4, 0.5) is 0 Å². The Morgan fingerprint density at radius 2 is 2.20 bits per heavy atom.